The number of ether oxygens (including phenoxy) is 2. The molecule has 2 amide bonds. The number of anilines is 2. The monoisotopic (exact) mass is 433 g/mol. The van der Waals surface area contributed by atoms with Gasteiger partial charge in [0.1, 0.15) is 0 Å². The third-order valence-corrected chi connectivity index (χ3v) is 4.93. The van der Waals surface area contributed by atoms with Crippen molar-refractivity contribution in [3.8, 4) is 11.5 Å². The van der Waals surface area contributed by atoms with Crippen molar-refractivity contribution >= 4 is 23.2 Å². The van der Waals surface area contributed by atoms with Gasteiger partial charge in [-0.25, -0.2) is 0 Å². The molecule has 0 saturated heterocycles. The molecule has 1 aliphatic heterocycles. The van der Waals surface area contributed by atoms with E-state index in [1.807, 2.05) is 19.1 Å². The number of benzene rings is 2. The molecule has 166 valence electrons. The minimum Gasteiger partial charge on any atom is -0.493 e. The van der Waals surface area contributed by atoms with Gasteiger partial charge < -0.3 is 19.7 Å². The fourth-order valence-electron chi connectivity index (χ4n) is 3.65. The largest absolute Gasteiger partial charge is 0.493 e. The van der Waals surface area contributed by atoms with Crippen molar-refractivity contribution in [1.29, 1.82) is 0 Å². The van der Waals surface area contributed by atoms with Gasteiger partial charge in [0.2, 0.25) is 11.8 Å². The van der Waals surface area contributed by atoms with E-state index in [2.05, 4.69) is 10.1 Å². The normalized spacial score (nSPS) is 16.0. The lowest BCUT2D eigenvalue weighted by atomic mass is 10.1. The lowest BCUT2D eigenvalue weighted by molar-refractivity contribution is -0.120. The summed E-state index contributed by atoms with van der Waals surface area (Å²) in [7, 11) is 3.16. The predicted molar refractivity (Wildman–Crippen MR) is 113 cm³/mol. The minimum absolute atomic E-state index is 0.0489. The molecule has 2 aromatic carbocycles. The van der Waals surface area contributed by atoms with Crippen LogP contribution in [0, 0.1) is 0 Å². The summed E-state index contributed by atoms with van der Waals surface area (Å²) in [6, 6.07) is 11.6. The predicted octanol–water partition coefficient (Wildman–Crippen LogP) is 3.49. The number of hydrogen-bond donors (Lipinski definition) is 1. The van der Waals surface area contributed by atoms with Crippen LogP contribution < -0.4 is 19.7 Å². The Balaban J connectivity index is 1.72. The number of nitrogens with zero attached hydrogens (tertiary/aromatic N) is 2. The Hall–Kier alpha value is -3.20. The molecule has 9 heteroatoms. The highest BCUT2D eigenvalue weighted by Crippen LogP contribution is 2.32. The zero-order chi connectivity index (χ0) is 22.5. The van der Waals surface area contributed by atoms with Gasteiger partial charge in [-0.3, -0.25) is 14.5 Å². The SMILES string of the molecule is COc1cc(CN(C)CC(=O)N2c3ccccc3NC(=O)C[C@H]2C)ccc1OC(F)F. The standard InChI is InChI=1S/C22H25F2N3O4/c1-14-10-20(28)25-16-6-4-5-7-17(16)27(14)21(29)13-26(2)12-15-8-9-18(31-22(23)24)19(11-15)30-3/h4-9,11,14,22H,10,12-13H2,1-3H3,(H,25,28)/t14-/m1/s1. The van der Waals surface area contributed by atoms with E-state index in [0.717, 1.165) is 5.56 Å². The van der Waals surface area contributed by atoms with Gasteiger partial charge in [-0.1, -0.05) is 18.2 Å². The van der Waals surface area contributed by atoms with Crippen LogP contribution in [-0.2, 0) is 16.1 Å². The summed E-state index contributed by atoms with van der Waals surface area (Å²) in [6.45, 7) is -0.616. The lowest BCUT2D eigenvalue weighted by Gasteiger charge is -2.29. The zero-order valence-electron chi connectivity index (χ0n) is 17.6. The van der Waals surface area contributed by atoms with Crippen LogP contribution >= 0.6 is 0 Å². The zero-order valence-corrected chi connectivity index (χ0v) is 17.6. The Morgan fingerprint density at radius 3 is 2.71 bits per heavy atom. The molecular weight excluding hydrogens is 408 g/mol. The maximum atomic E-state index is 13.1. The van der Waals surface area contributed by atoms with E-state index in [0.29, 0.717) is 17.9 Å². The molecular formula is C22H25F2N3O4. The third-order valence-electron chi connectivity index (χ3n) is 4.93. The first-order valence-electron chi connectivity index (χ1n) is 9.79. The second kappa shape index (κ2) is 9.74. The first-order chi connectivity index (χ1) is 14.8. The van der Waals surface area contributed by atoms with Crippen LogP contribution in [0.3, 0.4) is 0 Å². The fraction of sp³-hybridized carbons (Fsp3) is 0.364. The van der Waals surface area contributed by atoms with Crippen LogP contribution in [0.1, 0.15) is 18.9 Å². The van der Waals surface area contributed by atoms with Gasteiger partial charge >= 0.3 is 6.61 Å². The van der Waals surface area contributed by atoms with Crippen molar-refractivity contribution in [2.24, 2.45) is 0 Å². The third kappa shape index (κ3) is 5.49. The Bertz CT molecular complexity index is 954. The summed E-state index contributed by atoms with van der Waals surface area (Å²) >= 11 is 0. The van der Waals surface area contributed by atoms with Crippen molar-refractivity contribution in [3.63, 3.8) is 0 Å². The molecule has 0 fully saturated rings. The van der Waals surface area contributed by atoms with Crippen LogP contribution in [0.15, 0.2) is 42.5 Å². The van der Waals surface area contributed by atoms with E-state index >= 15 is 0 Å². The summed E-state index contributed by atoms with van der Waals surface area (Å²) in [5.41, 5.74) is 2.04. The summed E-state index contributed by atoms with van der Waals surface area (Å²) < 4.78 is 34.6. The number of carbonyl (C=O) groups excluding carboxylic acids is 2. The molecule has 2 aromatic rings. The maximum absolute atomic E-state index is 13.1. The Labute approximate surface area is 179 Å². The Kier molecular flexibility index (Phi) is 7.06. The van der Waals surface area contributed by atoms with Gasteiger partial charge in [-0.15, -0.1) is 0 Å². The van der Waals surface area contributed by atoms with Gasteiger partial charge in [0.05, 0.1) is 25.0 Å². The number of hydrogen-bond acceptors (Lipinski definition) is 5. The molecule has 1 N–H and O–H groups in total. The Morgan fingerprint density at radius 1 is 1.26 bits per heavy atom. The van der Waals surface area contributed by atoms with Gasteiger partial charge in [0.25, 0.3) is 0 Å². The van der Waals surface area contributed by atoms with E-state index in [1.165, 1.54) is 13.2 Å². The molecule has 1 heterocycles. The Morgan fingerprint density at radius 2 is 2.00 bits per heavy atom. The smallest absolute Gasteiger partial charge is 0.387 e. The second-order valence-corrected chi connectivity index (χ2v) is 7.42. The quantitative estimate of drug-likeness (QED) is 0.724. The van der Waals surface area contributed by atoms with E-state index in [9.17, 15) is 18.4 Å². The van der Waals surface area contributed by atoms with Crippen molar-refractivity contribution < 1.29 is 27.8 Å². The van der Waals surface area contributed by atoms with Gasteiger partial charge in [-0.05, 0) is 43.8 Å². The highest BCUT2D eigenvalue weighted by atomic mass is 19.3. The number of alkyl halides is 2. The molecule has 0 aromatic heterocycles. The molecule has 0 aliphatic carbocycles. The van der Waals surface area contributed by atoms with Crippen molar-refractivity contribution in [3.05, 3.63) is 48.0 Å². The van der Waals surface area contributed by atoms with Gasteiger partial charge in [0, 0.05) is 19.0 Å². The van der Waals surface area contributed by atoms with Crippen molar-refractivity contribution in [1.82, 2.24) is 4.90 Å². The van der Waals surface area contributed by atoms with Crippen LogP contribution in [0.2, 0.25) is 0 Å². The molecule has 1 aliphatic rings. The minimum atomic E-state index is -2.94. The summed E-state index contributed by atoms with van der Waals surface area (Å²) in [5.74, 6) is -0.144. The number of halogens is 2. The molecule has 0 spiro atoms. The van der Waals surface area contributed by atoms with E-state index < -0.39 is 6.61 Å². The topological polar surface area (TPSA) is 71.1 Å². The van der Waals surface area contributed by atoms with Gasteiger partial charge in [0.15, 0.2) is 11.5 Å². The first-order valence-corrected chi connectivity index (χ1v) is 9.79. The molecule has 7 nitrogen and oxygen atoms in total. The molecule has 1 atom stereocenters. The van der Waals surface area contributed by atoms with Crippen LogP contribution in [0.5, 0.6) is 11.5 Å². The molecule has 0 unspecified atom stereocenters. The van der Waals surface area contributed by atoms with Crippen molar-refractivity contribution in [2.45, 2.75) is 32.5 Å². The average Bonchev–Trinajstić information content (AvgIpc) is 2.82. The van der Waals surface area contributed by atoms with Crippen LogP contribution in [-0.4, -0.2) is 50.1 Å². The van der Waals surface area contributed by atoms with E-state index in [4.69, 9.17) is 4.74 Å². The summed E-state index contributed by atoms with van der Waals surface area (Å²) in [5, 5.41) is 2.84. The van der Waals surface area contributed by atoms with Crippen LogP contribution in [0.4, 0.5) is 20.2 Å². The first kappa shape index (κ1) is 22.5. The molecule has 0 bridgehead atoms. The lowest BCUT2D eigenvalue weighted by Crippen LogP contribution is -2.44. The molecule has 31 heavy (non-hydrogen) atoms. The fourth-order valence-corrected chi connectivity index (χ4v) is 3.65. The number of methoxy groups -OCH3 is 1. The number of rotatable bonds is 7. The molecule has 0 radical (unpaired) electrons. The number of para-hydroxylation sites is 2. The number of nitrogens with one attached hydrogen (secondary N) is 1. The average molecular weight is 433 g/mol. The second-order valence-electron chi connectivity index (χ2n) is 7.42. The highest BCUT2D eigenvalue weighted by Gasteiger charge is 2.29. The van der Waals surface area contributed by atoms with Crippen LogP contribution in [0.25, 0.3) is 0 Å². The molecule has 0 saturated carbocycles. The number of amides is 2. The van der Waals surface area contributed by atoms with E-state index in [1.54, 1.807) is 41.1 Å². The summed E-state index contributed by atoms with van der Waals surface area (Å²) in [4.78, 5) is 28.7. The van der Waals surface area contributed by atoms with Crippen molar-refractivity contribution in [2.75, 3.05) is 30.9 Å². The maximum Gasteiger partial charge on any atom is 0.387 e. The summed E-state index contributed by atoms with van der Waals surface area (Å²) in [6.07, 6.45) is 0.201. The molecule has 3 rings (SSSR count). The highest BCUT2D eigenvalue weighted by molar-refractivity contribution is 6.04. The number of fused-ring (bicyclic) bond motifs is 1. The number of carbonyl (C=O) groups is 2. The number of likely N-dealkylation sites (N-methyl/N-ethyl adjacent to an activating group) is 1. The van der Waals surface area contributed by atoms with Gasteiger partial charge in [-0.2, -0.15) is 8.78 Å². The van der Waals surface area contributed by atoms with E-state index in [-0.39, 0.29) is 42.3 Å².